The number of Topliss-reactive ketones (excluding diaryl/α,β-unsaturated/α-hetero) is 1. The van der Waals surface area contributed by atoms with Crippen molar-refractivity contribution in [3.63, 3.8) is 0 Å². The lowest BCUT2D eigenvalue weighted by atomic mass is 9.74. The Morgan fingerprint density at radius 2 is 1.87 bits per heavy atom. The first-order valence-electron chi connectivity index (χ1n) is 9.88. The van der Waals surface area contributed by atoms with E-state index in [1.54, 1.807) is 24.3 Å². The molecule has 1 atom stereocenters. The van der Waals surface area contributed by atoms with Crippen LogP contribution in [0.15, 0.2) is 24.3 Å². The van der Waals surface area contributed by atoms with Gasteiger partial charge in [0.1, 0.15) is 18.8 Å². The third-order valence-corrected chi connectivity index (χ3v) is 5.42. The molecule has 8 nitrogen and oxygen atoms in total. The number of benzene rings is 1. The molecule has 1 aliphatic rings. The number of esters is 1. The van der Waals surface area contributed by atoms with Gasteiger partial charge in [0.2, 0.25) is 5.91 Å². The number of rotatable bonds is 8. The first-order chi connectivity index (χ1) is 14.3. The number of carbonyl (C=O) groups is 4. The van der Waals surface area contributed by atoms with Crippen molar-refractivity contribution in [2.75, 3.05) is 26.8 Å². The fourth-order valence-electron chi connectivity index (χ4n) is 3.58. The molecular weight excluding hydrogens is 412 g/mol. The highest BCUT2D eigenvalue weighted by Crippen LogP contribution is 2.42. The Balaban J connectivity index is 1.97. The number of ether oxygens (including phenoxy) is 2. The van der Waals surface area contributed by atoms with Crippen LogP contribution in [0.2, 0.25) is 5.02 Å². The molecule has 0 unspecified atom stereocenters. The summed E-state index contributed by atoms with van der Waals surface area (Å²) in [5.74, 6) is -0.821. The van der Waals surface area contributed by atoms with Crippen LogP contribution in [-0.4, -0.2) is 55.5 Å². The maximum absolute atomic E-state index is 13.0. The van der Waals surface area contributed by atoms with Crippen LogP contribution in [0.5, 0.6) is 0 Å². The van der Waals surface area contributed by atoms with E-state index >= 15 is 0 Å². The molecule has 2 rings (SSSR count). The Labute approximate surface area is 180 Å². The van der Waals surface area contributed by atoms with Crippen molar-refractivity contribution in [2.24, 2.45) is 0 Å². The van der Waals surface area contributed by atoms with Crippen LogP contribution in [0.3, 0.4) is 0 Å². The zero-order valence-electron chi connectivity index (χ0n) is 17.2. The summed E-state index contributed by atoms with van der Waals surface area (Å²) in [5, 5.41) is 2.91. The molecule has 1 aromatic rings. The zero-order valence-corrected chi connectivity index (χ0v) is 18.0. The smallest absolute Gasteiger partial charge is 0.410 e. The Hall–Kier alpha value is -2.61. The Kier molecular flexibility index (Phi) is 8.65. The molecule has 9 heteroatoms. The highest BCUT2D eigenvalue weighted by atomic mass is 35.5. The number of hydrogen-bond donors (Lipinski definition) is 1. The molecule has 0 heterocycles. The van der Waals surface area contributed by atoms with Crippen LogP contribution < -0.4 is 5.32 Å². The summed E-state index contributed by atoms with van der Waals surface area (Å²) < 4.78 is 10.2. The first-order valence-corrected chi connectivity index (χ1v) is 10.3. The second-order valence-electron chi connectivity index (χ2n) is 7.10. The number of halogens is 1. The molecule has 0 spiro atoms. The molecule has 0 aliphatic heterocycles. The van der Waals surface area contributed by atoms with Gasteiger partial charge < -0.3 is 14.8 Å². The predicted octanol–water partition coefficient (Wildman–Crippen LogP) is 2.82. The van der Waals surface area contributed by atoms with Gasteiger partial charge in [0, 0.05) is 37.5 Å². The molecule has 2 amide bonds. The Morgan fingerprint density at radius 3 is 2.53 bits per heavy atom. The highest BCUT2D eigenvalue weighted by Gasteiger charge is 2.48. The van der Waals surface area contributed by atoms with E-state index in [4.69, 9.17) is 21.1 Å². The molecule has 1 saturated carbocycles. The van der Waals surface area contributed by atoms with Crippen molar-refractivity contribution >= 4 is 35.4 Å². The number of amides is 2. The SMILES string of the molecule is CC(=O)NCCC(=O)OCCOC(=O)N(C)[C@]1(c2ccccc2Cl)CCCCC1=O. The second-order valence-corrected chi connectivity index (χ2v) is 7.50. The molecule has 1 fully saturated rings. The van der Waals surface area contributed by atoms with Crippen LogP contribution in [-0.2, 0) is 29.4 Å². The summed E-state index contributed by atoms with van der Waals surface area (Å²) in [7, 11) is 1.52. The van der Waals surface area contributed by atoms with E-state index in [2.05, 4.69) is 5.32 Å². The maximum atomic E-state index is 13.0. The van der Waals surface area contributed by atoms with Crippen molar-refractivity contribution in [3.05, 3.63) is 34.9 Å². The van der Waals surface area contributed by atoms with E-state index in [0.717, 1.165) is 12.8 Å². The molecule has 1 N–H and O–H groups in total. The van der Waals surface area contributed by atoms with E-state index < -0.39 is 17.6 Å². The number of hydrogen-bond acceptors (Lipinski definition) is 6. The van der Waals surface area contributed by atoms with Gasteiger partial charge in [0.25, 0.3) is 0 Å². The number of ketones is 1. The van der Waals surface area contributed by atoms with Crippen LogP contribution in [0.1, 0.15) is 44.6 Å². The normalized spacial score (nSPS) is 18.4. The second kappa shape index (κ2) is 11.0. The number of nitrogens with one attached hydrogen (secondary N) is 1. The molecule has 1 aliphatic carbocycles. The molecule has 0 saturated heterocycles. The van der Waals surface area contributed by atoms with Crippen molar-refractivity contribution in [1.29, 1.82) is 0 Å². The maximum Gasteiger partial charge on any atom is 0.410 e. The molecule has 0 aromatic heterocycles. The Bertz CT molecular complexity index is 799. The number of carbonyl (C=O) groups excluding carboxylic acids is 4. The summed E-state index contributed by atoms with van der Waals surface area (Å²) >= 11 is 6.37. The minimum atomic E-state index is -1.18. The van der Waals surface area contributed by atoms with E-state index in [1.807, 2.05) is 0 Å². The quantitative estimate of drug-likeness (QED) is 0.494. The summed E-state index contributed by atoms with van der Waals surface area (Å²) in [6.45, 7) is 1.26. The lowest BCUT2D eigenvalue weighted by Gasteiger charge is -2.43. The third-order valence-electron chi connectivity index (χ3n) is 5.09. The Morgan fingerprint density at radius 1 is 1.17 bits per heavy atom. The predicted molar refractivity (Wildman–Crippen MR) is 110 cm³/mol. The van der Waals surface area contributed by atoms with Gasteiger partial charge in [0.15, 0.2) is 5.78 Å². The van der Waals surface area contributed by atoms with E-state index in [9.17, 15) is 19.2 Å². The fraction of sp³-hybridized carbons (Fsp3) is 0.524. The molecule has 164 valence electrons. The van der Waals surface area contributed by atoms with Gasteiger partial charge in [-0.2, -0.15) is 0 Å². The lowest BCUT2D eigenvalue weighted by Crippen LogP contribution is -2.54. The summed E-state index contributed by atoms with van der Waals surface area (Å²) in [4.78, 5) is 49.3. The zero-order chi connectivity index (χ0) is 22.1. The number of nitrogens with zero attached hydrogens (tertiary/aromatic N) is 1. The van der Waals surface area contributed by atoms with Crippen molar-refractivity contribution < 1.29 is 28.7 Å². The molecule has 0 radical (unpaired) electrons. The van der Waals surface area contributed by atoms with Crippen molar-refractivity contribution in [1.82, 2.24) is 10.2 Å². The third kappa shape index (κ3) is 5.72. The minimum Gasteiger partial charge on any atom is -0.462 e. The van der Waals surface area contributed by atoms with Gasteiger partial charge in [-0.3, -0.25) is 19.3 Å². The largest absolute Gasteiger partial charge is 0.462 e. The van der Waals surface area contributed by atoms with Crippen molar-refractivity contribution in [2.45, 2.75) is 44.6 Å². The molecule has 0 bridgehead atoms. The summed E-state index contributed by atoms with van der Waals surface area (Å²) in [5.41, 5.74) is -0.594. The summed E-state index contributed by atoms with van der Waals surface area (Å²) in [6.07, 6.45) is 1.69. The monoisotopic (exact) mass is 438 g/mol. The van der Waals surface area contributed by atoms with Gasteiger partial charge in [0.05, 0.1) is 6.42 Å². The fourth-order valence-corrected chi connectivity index (χ4v) is 3.87. The van der Waals surface area contributed by atoms with Crippen LogP contribution in [0.4, 0.5) is 4.79 Å². The van der Waals surface area contributed by atoms with E-state index in [0.29, 0.717) is 23.4 Å². The van der Waals surface area contributed by atoms with Crippen LogP contribution in [0, 0.1) is 0 Å². The van der Waals surface area contributed by atoms with Gasteiger partial charge in [-0.05, 0) is 25.3 Å². The number of likely N-dealkylation sites (N-methyl/N-ethyl adjacent to an activating group) is 1. The minimum absolute atomic E-state index is 0.0253. The van der Waals surface area contributed by atoms with Gasteiger partial charge in [-0.1, -0.05) is 29.8 Å². The standard InChI is InChI=1S/C21H27ClN2O6/c1-15(25)23-12-10-19(27)29-13-14-30-20(28)24(2)21(11-6-5-9-18(21)26)16-7-3-4-8-17(16)22/h3-4,7-8H,5-6,9-14H2,1-2H3,(H,23,25)/t21-/m0/s1. The first kappa shape index (κ1) is 23.7. The highest BCUT2D eigenvalue weighted by molar-refractivity contribution is 6.31. The van der Waals surface area contributed by atoms with Gasteiger partial charge >= 0.3 is 12.1 Å². The molecule has 1 aromatic carbocycles. The van der Waals surface area contributed by atoms with Crippen LogP contribution >= 0.6 is 11.6 Å². The van der Waals surface area contributed by atoms with Gasteiger partial charge in [-0.25, -0.2) is 4.79 Å². The topological polar surface area (TPSA) is 102 Å². The average Bonchev–Trinajstić information content (AvgIpc) is 2.71. The van der Waals surface area contributed by atoms with E-state index in [1.165, 1.54) is 18.9 Å². The molecular formula is C21H27ClN2O6. The average molecular weight is 439 g/mol. The van der Waals surface area contributed by atoms with Gasteiger partial charge in [-0.15, -0.1) is 0 Å². The lowest BCUT2D eigenvalue weighted by molar-refractivity contribution is -0.144. The van der Waals surface area contributed by atoms with Crippen molar-refractivity contribution in [3.8, 4) is 0 Å². The summed E-state index contributed by atoms with van der Waals surface area (Å²) in [6, 6.07) is 7.00. The molecule has 30 heavy (non-hydrogen) atoms. The van der Waals surface area contributed by atoms with Crippen LogP contribution in [0.25, 0.3) is 0 Å². The van der Waals surface area contributed by atoms with E-state index in [-0.39, 0.29) is 37.9 Å².